The summed E-state index contributed by atoms with van der Waals surface area (Å²) in [5.74, 6) is 1.06. The number of anilines is 2. The first-order valence-electron chi connectivity index (χ1n) is 9.10. The first-order chi connectivity index (χ1) is 13.6. The van der Waals surface area contributed by atoms with Crippen molar-refractivity contribution in [2.75, 3.05) is 10.6 Å². The molecule has 0 aliphatic heterocycles. The fourth-order valence-electron chi connectivity index (χ4n) is 2.59. The van der Waals surface area contributed by atoms with Crippen molar-refractivity contribution in [1.29, 1.82) is 0 Å². The third kappa shape index (κ3) is 4.79. The van der Waals surface area contributed by atoms with Crippen LogP contribution in [0.2, 0.25) is 0 Å². The van der Waals surface area contributed by atoms with E-state index in [1.54, 1.807) is 30.5 Å². The molecule has 0 bridgehead atoms. The Morgan fingerprint density at radius 3 is 2.61 bits per heavy atom. The molecule has 3 aromatic rings. The van der Waals surface area contributed by atoms with Crippen LogP contribution in [0.5, 0.6) is 0 Å². The monoisotopic (exact) mass is 378 g/mol. The number of nitro groups is 1. The van der Waals surface area contributed by atoms with Crippen molar-refractivity contribution in [2.45, 2.75) is 32.9 Å². The van der Waals surface area contributed by atoms with Crippen molar-refractivity contribution in [1.82, 2.24) is 15.0 Å². The van der Waals surface area contributed by atoms with E-state index in [9.17, 15) is 10.1 Å². The second-order valence-electron chi connectivity index (χ2n) is 6.37. The van der Waals surface area contributed by atoms with Crippen LogP contribution in [0, 0.1) is 10.1 Å². The van der Waals surface area contributed by atoms with Crippen molar-refractivity contribution >= 4 is 17.5 Å². The molecular formula is C20H22N6O2. The highest BCUT2D eigenvalue weighted by molar-refractivity contribution is 5.61. The van der Waals surface area contributed by atoms with E-state index >= 15 is 0 Å². The molecule has 0 aliphatic carbocycles. The van der Waals surface area contributed by atoms with Crippen LogP contribution < -0.4 is 10.6 Å². The van der Waals surface area contributed by atoms with E-state index in [0.717, 1.165) is 12.1 Å². The van der Waals surface area contributed by atoms with Gasteiger partial charge in [0.15, 0.2) is 0 Å². The van der Waals surface area contributed by atoms with E-state index in [1.165, 1.54) is 6.07 Å². The van der Waals surface area contributed by atoms with Gasteiger partial charge in [-0.3, -0.25) is 15.1 Å². The van der Waals surface area contributed by atoms with Gasteiger partial charge in [-0.15, -0.1) is 0 Å². The highest BCUT2D eigenvalue weighted by Crippen LogP contribution is 2.22. The van der Waals surface area contributed by atoms with Crippen molar-refractivity contribution in [3.8, 4) is 11.4 Å². The number of rotatable bonds is 8. The molecule has 0 saturated carbocycles. The third-order valence-corrected chi connectivity index (χ3v) is 4.29. The van der Waals surface area contributed by atoms with Crippen molar-refractivity contribution in [3.05, 3.63) is 70.4 Å². The van der Waals surface area contributed by atoms with E-state index in [4.69, 9.17) is 0 Å². The molecule has 0 aliphatic rings. The van der Waals surface area contributed by atoms with E-state index in [1.807, 2.05) is 18.2 Å². The van der Waals surface area contributed by atoms with Gasteiger partial charge >= 0.3 is 0 Å². The van der Waals surface area contributed by atoms with Gasteiger partial charge in [-0.2, -0.15) is 4.98 Å². The minimum absolute atomic E-state index is 0.0759. The van der Waals surface area contributed by atoms with Crippen LogP contribution in [0.4, 0.5) is 17.5 Å². The molecule has 3 rings (SSSR count). The SMILES string of the molecule is CC[C@H](C)Nc1nc(NCc2ccccc2[N+](=O)[O-])cc(-c2ccccn2)n1. The van der Waals surface area contributed by atoms with Crippen molar-refractivity contribution < 1.29 is 4.92 Å². The van der Waals surface area contributed by atoms with Crippen LogP contribution in [-0.2, 0) is 6.54 Å². The normalized spacial score (nSPS) is 11.6. The molecule has 1 aromatic carbocycles. The molecule has 28 heavy (non-hydrogen) atoms. The standard InChI is InChI=1S/C20H22N6O2/c1-3-14(2)23-20-24-17(16-9-6-7-11-21-16)12-19(25-20)22-13-15-8-4-5-10-18(15)26(27)28/h4-12,14H,3,13H2,1-2H3,(H2,22,23,24,25)/t14-/m0/s1. The zero-order chi connectivity index (χ0) is 19.9. The van der Waals surface area contributed by atoms with Gasteiger partial charge in [-0.1, -0.05) is 31.2 Å². The fraction of sp³-hybridized carbons (Fsp3) is 0.250. The molecule has 144 valence electrons. The predicted molar refractivity (Wildman–Crippen MR) is 109 cm³/mol. The third-order valence-electron chi connectivity index (χ3n) is 4.29. The Bertz CT molecular complexity index is 948. The maximum absolute atomic E-state index is 11.2. The summed E-state index contributed by atoms with van der Waals surface area (Å²) in [4.78, 5) is 24.2. The Morgan fingerprint density at radius 1 is 1.11 bits per heavy atom. The quantitative estimate of drug-likeness (QED) is 0.445. The number of nitrogens with one attached hydrogen (secondary N) is 2. The summed E-state index contributed by atoms with van der Waals surface area (Å²) in [6, 6.07) is 14.3. The predicted octanol–water partition coefficient (Wildman–Crippen LogP) is 4.27. The average molecular weight is 378 g/mol. The van der Waals surface area contributed by atoms with E-state index < -0.39 is 0 Å². The molecule has 0 spiro atoms. The summed E-state index contributed by atoms with van der Waals surface area (Å²) in [5.41, 5.74) is 2.06. The van der Waals surface area contributed by atoms with Crippen LogP contribution in [0.15, 0.2) is 54.7 Å². The van der Waals surface area contributed by atoms with Gasteiger partial charge in [0.2, 0.25) is 5.95 Å². The number of nitrogens with zero attached hydrogens (tertiary/aromatic N) is 4. The Morgan fingerprint density at radius 2 is 1.89 bits per heavy atom. The lowest BCUT2D eigenvalue weighted by Gasteiger charge is -2.14. The zero-order valence-corrected chi connectivity index (χ0v) is 15.8. The Labute approximate surface area is 163 Å². The van der Waals surface area contributed by atoms with Gasteiger partial charge in [0.05, 0.1) is 16.3 Å². The first kappa shape index (κ1) is 19.2. The fourth-order valence-corrected chi connectivity index (χ4v) is 2.59. The molecule has 0 amide bonds. The van der Waals surface area contributed by atoms with Crippen molar-refractivity contribution in [2.24, 2.45) is 0 Å². The summed E-state index contributed by atoms with van der Waals surface area (Å²) in [5, 5.41) is 17.7. The minimum Gasteiger partial charge on any atom is -0.366 e. The van der Waals surface area contributed by atoms with E-state index in [-0.39, 0.29) is 23.2 Å². The number of hydrogen-bond acceptors (Lipinski definition) is 7. The Hall–Kier alpha value is -3.55. The zero-order valence-electron chi connectivity index (χ0n) is 15.8. The molecule has 2 N–H and O–H groups in total. The highest BCUT2D eigenvalue weighted by Gasteiger charge is 2.13. The summed E-state index contributed by atoms with van der Waals surface area (Å²) >= 11 is 0. The highest BCUT2D eigenvalue weighted by atomic mass is 16.6. The molecule has 0 radical (unpaired) electrons. The second-order valence-corrected chi connectivity index (χ2v) is 6.37. The van der Waals surface area contributed by atoms with E-state index in [2.05, 4.69) is 39.4 Å². The molecule has 2 heterocycles. The van der Waals surface area contributed by atoms with Crippen LogP contribution in [0.1, 0.15) is 25.8 Å². The van der Waals surface area contributed by atoms with Gasteiger partial charge in [0.25, 0.3) is 5.69 Å². The average Bonchev–Trinajstić information content (AvgIpc) is 2.72. The van der Waals surface area contributed by atoms with Gasteiger partial charge in [0.1, 0.15) is 5.82 Å². The Balaban J connectivity index is 1.89. The number of hydrogen-bond donors (Lipinski definition) is 2. The summed E-state index contributed by atoms with van der Waals surface area (Å²) < 4.78 is 0. The lowest BCUT2D eigenvalue weighted by atomic mass is 10.2. The second kappa shape index (κ2) is 8.90. The first-order valence-corrected chi connectivity index (χ1v) is 9.10. The number of benzene rings is 1. The van der Waals surface area contributed by atoms with Gasteiger partial charge in [-0.05, 0) is 25.5 Å². The van der Waals surface area contributed by atoms with Gasteiger partial charge in [0, 0.05) is 36.5 Å². The molecular weight excluding hydrogens is 356 g/mol. The van der Waals surface area contributed by atoms with Crippen LogP contribution in [0.3, 0.4) is 0 Å². The lowest BCUT2D eigenvalue weighted by molar-refractivity contribution is -0.385. The Kier molecular flexibility index (Phi) is 6.11. The molecule has 1 atom stereocenters. The van der Waals surface area contributed by atoms with Crippen LogP contribution >= 0.6 is 0 Å². The molecule has 0 fully saturated rings. The molecule has 8 heteroatoms. The minimum atomic E-state index is -0.383. The van der Waals surface area contributed by atoms with Gasteiger partial charge in [-0.25, -0.2) is 4.98 Å². The number of nitro benzene ring substituents is 1. The number of aromatic nitrogens is 3. The maximum atomic E-state index is 11.2. The summed E-state index contributed by atoms with van der Waals surface area (Å²) in [6.07, 6.45) is 2.63. The molecule has 8 nitrogen and oxygen atoms in total. The van der Waals surface area contributed by atoms with Gasteiger partial charge < -0.3 is 10.6 Å². The number of pyridine rings is 1. The van der Waals surface area contributed by atoms with Crippen LogP contribution in [-0.4, -0.2) is 25.9 Å². The van der Waals surface area contributed by atoms with Crippen LogP contribution in [0.25, 0.3) is 11.4 Å². The van der Waals surface area contributed by atoms with Crippen molar-refractivity contribution in [3.63, 3.8) is 0 Å². The summed E-state index contributed by atoms with van der Waals surface area (Å²) in [7, 11) is 0. The van der Waals surface area contributed by atoms with E-state index in [0.29, 0.717) is 23.0 Å². The number of para-hydroxylation sites is 1. The maximum Gasteiger partial charge on any atom is 0.274 e. The summed E-state index contributed by atoms with van der Waals surface area (Å²) in [6.45, 7) is 4.41. The molecule has 0 saturated heterocycles. The molecule has 0 unspecified atom stereocenters. The lowest BCUT2D eigenvalue weighted by Crippen LogP contribution is -2.16. The topological polar surface area (TPSA) is 106 Å². The molecule has 2 aromatic heterocycles. The largest absolute Gasteiger partial charge is 0.366 e. The smallest absolute Gasteiger partial charge is 0.274 e.